The van der Waals surface area contributed by atoms with Crippen LogP contribution in [0.15, 0.2) is 5.57 Å². The monoisotopic (exact) mass is 342 g/mol. The number of anilines is 1. The molecule has 1 saturated heterocycles. The summed E-state index contributed by atoms with van der Waals surface area (Å²) in [4.78, 5) is 14.1. The maximum absolute atomic E-state index is 14.3. The van der Waals surface area contributed by atoms with Crippen LogP contribution < -0.4 is 10.6 Å². The first-order valence-electron chi connectivity index (χ1n) is 6.99. The normalized spacial score (nSPS) is 16.2. The summed E-state index contributed by atoms with van der Waals surface area (Å²) in [7, 11) is 1.81. The van der Waals surface area contributed by atoms with Gasteiger partial charge in [0.25, 0.3) is 5.91 Å². The molecule has 1 fully saturated rings. The van der Waals surface area contributed by atoms with Gasteiger partial charge in [-0.05, 0) is 13.1 Å². The Hall–Kier alpha value is -2.60. The number of nitrogens with zero attached hydrogens (tertiary/aromatic N) is 3. The zero-order valence-electron chi connectivity index (χ0n) is 12.7. The number of likely N-dealkylation sites (N-methyl/N-ethyl adjacent to an activating group) is 1. The molecule has 24 heavy (non-hydrogen) atoms. The van der Waals surface area contributed by atoms with E-state index in [1.807, 2.05) is 11.9 Å². The van der Waals surface area contributed by atoms with E-state index in [9.17, 15) is 22.4 Å². The molecule has 2 rings (SSSR count). The second-order valence-corrected chi connectivity index (χ2v) is 5.34. The van der Waals surface area contributed by atoms with Gasteiger partial charge in [-0.25, -0.2) is 17.6 Å². The Labute approximate surface area is 135 Å². The standard InChI is InChI=1S/C15H14F4N4O/c1-22-2-4-23(5-3-22)14-12(18)10(16)9(11(17)13(14)19)6-8(7-20)15(21)24/h6H,2-5H2,1H3,(H2,21,24)/b8-6+. The minimum Gasteiger partial charge on any atom is -0.365 e. The van der Waals surface area contributed by atoms with Crippen LogP contribution in [0, 0.1) is 34.6 Å². The third kappa shape index (κ3) is 3.19. The molecule has 0 radical (unpaired) electrons. The number of hydrogen-bond donors (Lipinski definition) is 1. The van der Waals surface area contributed by atoms with E-state index >= 15 is 0 Å². The predicted octanol–water partition coefficient (Wildman–Crippen LogP) is 1.39. The van der Waals surface area contributed by atoms with Crippen LogP contribution in [0.3, 0.4) is 0 Å². The Bertz CT molecular complexity index is 720. The number of nitriles is 1. The van der Waals surface area contributed by atoms with Crippen LogP contribution in [-0.2, 0) is 4.79 Å². The Morgan fingerprint density at radius 2 is 1.58 bits per heavy atom. The third-order valence-electron chi connectivity index (χ3n) is 3.77. The maximum atomic E-state index is 14.3. The average Bonchev–Trinajstić information content (AvgIpc) is 2.55. The number of piperazine rings is 1. The molecule has 9 heteroatoms. The summed E-state index contributed by atoms with van der Waals surface area (Å²) < 4.78 is 56.9. The number of hydrogen-bond acceptors (Lipinski definition) is 4. The fourth-order valence-corrected chi connectivity index (χ4v) is 2.37. The second kappa shape index (κ2) is 6.88. The molecule has 5 nitrogen and oxygen atoms in total. The number of benzene rings is 1. The van der Waals surface area contributed by atoms with Crippen molar-refractivity contribution in [2.24, 2.45) is 5.73 Å². The first-order chi connectivity index (χ1) is 11.3. The van der Waals surface area contributed by atoms with Gasteiger partial charge in [-0.2, -0.15) is 5.26 Å². The fraction of sp³-hybridized carbons (Fsp3) is 0.333. The summed E-state index contributed by atoms with van der Waals surface area (Å²) >= 11 is 0. The van der Waals surface area contributed by atoms with Crippen molar-refractivity contribution in [3.8, 4) is 6.07 Å². The molecular formula is C15H14F4N4O. The lowest BCUT2D eigenvalue weighted by Crippen LogP contribution is -2.45. The Kier molecular flexibility index (Phi) is 5.09. The van der Waals surface area contributed by atoms with Crippen LogP contribution in [0.5, 0.6) is 0 Å². The van der Waals surface area contributed by atoms with E-state index in [0.29, 0.717) is 19.2 Å². The molecule has 0 spiro atoms. The van der Waals surface area contributed by atoms with Crippen molar-refractivity contribution in [2.45, 2.75) is 0 Å². The summed E-state index contributed by atoms with van der Waals surface area (Å²) in [6, 6.07) is 1.32. The number of halogens is 4. The Balaban J connectivity index is 2.56. The average molecular weight is 342 g/mol. The highest BCUT2D eigenvalue weighted by atomic mass is 19.2. The van der Waals surface area contributed by atoms with Gasteiger partial charge in [0, 0.05) is 26.2 Å². The van der Waals surface area contributed by atoms with E-state index < -0.39 is 46.0 Å². The number of nitrogens with two attached hydrogens (primary N) is 1. The second-order valence-electron chi connectivity index (χ2n) is 5.34. The summed E-state index contributed by atoms with van der Waals surface area (Å²) in [5.41, 5.74) is 2.08. The lowest BCUT2D eigenvalue weighted by molar-refractivity contribution is -0.114. The van der Waals surface area contributed by atoms with Gasteiger partial charge in [0.15, 0.2) is 23.3 Å². The molecule has 1 heterocycles. The van der Waals surface area contributed by atoms with E-state index in [1.165, 1.54) is 11.0 Å². The van der Waals surface area contributed by atoms with Crippen molar-refractivity contribution in [2.75, 3.05) is 38.1 Å². The van der Waals surface area contributed by atoms with Crippen LogP contribution in [-0.4, -0.2) is 44.0 Å². The molecule has 0 atom stereocenters. The Morgan fingerprint density at radius 3 is 2.00 bits per heavy atom. The van der Waals surface area contributed by atoms with Crippen molar-refractivity contribution < 1.29 is 22.4 Å². The van der Waals surface area contributed by atoms with Gasteiger partial charge in [0.05, 0.1) is 5.56 Å². The van der Waals surface area contributed by atoms with Crippen molar-refractivity contribution in [1.82, 2.24) is 4.90 Å². The SMILES string of the molecule is CN1CCN(c2c(F)c(F)c(/C=C(\C#N)C(N)=O)c(F)c2F)CC1. The molecule has 0 saturated carbocycles. The molecular weight excluding hydrogens is 328 g/mol. The highest BCUT2D eigenvalue weighted by Crippen LogP contribution is 2.32. The lowest BCUT2D eigenvalue weighted by Gasteiger charge is -2.34. The van der Waals surface area contributed by atoms with Crippen molar-refractivity contribution in [3.05, 3.63) is 34.4 Å². The van der Waals surface area contributed by atoms with Gasteiger partial charge in [-0.15, -0.1) is 0 Å². The smallest absolute Gasteiger partial charge is 0.259 e. The number of amides is 1. The van der Waals surface area contributed by atoms with Crippen molar-refractivity contribution >= 4 is 17.7 Å². The molecule has 2 N–H and O–H groups in total. The molecule has 0 bridgehead atoms. The van der Waals surface area contributed by atoms with Crippen LogP contribution in [0.25, 0.3) is 6.08 Å². The van der Waals surface area contributed by atoms with E-state index in [4.69, 9.17) is 11.0 Å². The minimum absolute atomic E-state index is 0.198. The van der Waals surface area contributed by atoms with Gasteiger partial charge < -0.3 is 15.5 Å². The summed E-state index contributed by atoms with van der Waals surface area (Å²) in [6.07, 6.45) is 0.396. The molecule has 0 aromatic heterocycles. The molecule has 1 amide bonds. The summed E-state index contributed by atoms with van der Waals surface area (Å²) in [5, 5.41) is 8.70. The third-order valence-corrected chi connectivity index (χ3v) is 3.77. The Morgan fingerprint density at radius 1 is 1.08 bits per heavy atom. The number of carbonyl (C=O) groups is 1. The van der Waals surface area contributed by atoms with Crippen LogP contribution in [0.1, 0.15) is 5.56 Å². The van der Waals surface area contributed by atoms with E-state index in [0.717, 1.165) is 0 Å². The van der Waals surface area contributed by atoms with Crippen LogP contribution in [0.4, 0.5) is 23.2 Å². The number of rotatable bonds is 3. The maximum Gasteiger partial charge on any atom is 0.259 e. The van der Waals surface area contributed by atoms with Gasteiger partial charge in [0.2, 0.25) is 0 Å². The molecule has 0 aliphatic carbocycles. The quantitative estimate of drug-likeness (QED) is 0.390. The topological polar surface area (TPSA) is 73.4 Å². The highest BCUT2D eigenvalue weighted by Gasteiger charge is 2.29. The molecule has 1 aliphatic heterocycles. The minimum atomic E-state index is -1.68. The molecule has 1 aromatic rings. The zero-order chi connectivity index (χ0) is 18.0. The van der Waals surface area contributed by atoms with Crippen LogP contribution in [0.2, 0.25) is 0 Å². The van der Waals surface area contributed by atoms with Gasteiger partial charge in [-0.3, -0.25) is 4.79 Å². The van der Waals surface area contributed by atoms with Gasteiger partial charge in [-0.1, -0.05) is 0 Å². The molecule has 1 aromatic carbocycles. The predicted molar refractivity (Wildman–Crippen MR) is 78.8 cm³/mol. The van der Waals surface area contributed by atoms with Gasteiger partial charge >= 0.3 is 0 Å². The zero-order valence-corrected chi connectivity index (χ0v) is 12.7. The van der Waals surface area contributed by atoms with Crippen LogP contribution >= 0.6 is 0 Å². The van der Waals surface area contributed by atoms with E-state index in [1.54, 1.807) is 0 Å². The fourth-order valence-electron chi connectivity index (χ4n) is 2.37. The first kappa shape index (κ1) is 17.7. The lowest BCUT2D eigenvalue weighted by atomic mass is 10.1. The molecule has 0 unspecified atom stereocenters. The first-order valence-corrected chi connectivity index (χ1v) is 6.99. The van der Waals surface area contributed by atoms with Crippen molar-refractivity contribution in [1.29, 1.82) is 5.26 Å². The number of carbonyl (C=O) groups excluding carboxylic acids is 1. The summed E-state index contributed by atoms with van der Waals surface area (Å²) in [6.45, 7) is 1.35. The van der Waals surface area contributed by atoms with E-state index in [2.05, 4.69) is 0 Å². The summed E-state index contributed by atoms with van der Waals surface area (Å²) in [5.74, 6) is -7.79. The molecule has 128 valence electrons. The van der Waals surface area contributed by atoms with Gasteiger partial charge in [0.1, 0.15) is 17.3 Å². The van der Waals surface area contributed by atoms with E-state index in [-0.39, 0.29) is 13.1 Å². The molecule has 1 aliphatic rings. The highest BCUT2D eigenvalue weighted by molar-refractivity contribution is 6.00. The number of primary amides is 1. The van der Waals surface area contributed by atoms with Crippen molar-refractivity contribution in [3.63, 3.8) is 0 Å². The largest absolute Gasteiger partial charge is 0.365 e.